The maximum absolute atomic E-state index is 12.2. The molecule has 1 fully saturated rings. The van der Waals surface area contributed by atoms with Crippen molar-refractivity contribution in [2.75, 3.05) is 26.2 Å². The third kappa shape index (κ3) is 4.44. The number of carbonyl (C=O) groups is 2. The summed E-state index contributed by atoms with van der Waals surface area (Å²) in [5.74, 6) is 0.0307. The first kappa shape index (κ1) is 16.3. The minimum atomic E-state index is -0.199. The van der Waals surface area contributed by atoms with Gasteiger partial charge in [0.2, 0.25) is 5.91 Å². The predicted molar refractivity (Wildman–Crippen MR) is 84.3 cm³/mol. The lowest BCUT2D eigenvalue weighted by atomic mass is 10.3. The topological polar surface area (TPSA) is 65.5 Å². The Hall–Kier alpha value is -2.11. The fourth-order valence-corrected chi connectivity index (χ4v) is 2.58. The Kier molecular flexibility index (Phi) is 5.75. The Labute approximate surface area is 131 Å². The molecule has 1 saturated heterocycles. The zero-order chi connectivity index (χ0) is 15.9. The summed E-state index contributed by atoms with van der Waals surface area (Å²) in [5, 5.41) is 2.84. The first-order valence-electron chi connectivity index (χ1n) is 7.83. The van der Waals surface area contributed by atoms with Crippen LogP contribution in [0.25, 0.3) is 0 Å². The van der Waals surface area contributed by atoms with Crippen molar-refractivity contribution < 1.29 is 9.59 Å². The molecule has 1 aromatic rings. The van der Waals surface area contributed by atoms with Gasteiger partial charge in [-0.15, -0.1) is 0 Å². The SMILES string of the molecule is CCCN1CCCN(C(=O)NCc2cccc(C)n2)CC1=O. The number of hydrogen-bond acceptors (Lipinski definition) is 3. The smallest absolute Gasteiger partial charge is 0.318 e. The lowest BCUT2D eigenvalue weighted by molar-refractivity contribution is -0.130. The summed E-state index contributed by atoms with van der Waals surface area (Å²) in [5.41, 5.74) is 1.74. The number of urea groups is 1. The number of aryl methyl sites for hydroxylation is 1. The van der Waals surface area contributed by atoms with E-state index in [9.17, 15) is 9.59 Å². The minimum absolute atomic E-state index is 0.0307. The van der Waals surface area contributed by atoms with Crippen LogP contribution in [-0.2, 0) is 11.3 Å². The van der Waals surface area contributed by atoms with E-state index in [2.05, 4.69) is 17.2 Å². The third-order valence-corrected chi connectivity index (χ3v) is 3.68. The molecular weight excluding hydrogens is 280 g/mol. The molecule has 2 rings (SSSR count). The molecule has 0 spiro atoms. The lowest BCUT2D eigenvalue weighted by Gasteiger charge is -2.21. The number of carbonyl (C=O) groups excluding carboxylic acids is 2. The van der Waals surface area contributed by atoms with Gasteiger partial charge >= 0.3 is 6.03 Å². The second-order valence-corrected chi connectivity index (χ2v) is 5.58. The van der Waals surface area contributed by atoms with E-state index in [0.29, 0.717) is 13.1 Å². The largest absolute Gasteiger partial charge is 0.341 e. The van der Waals surface area contributed by atoms with Crippen molar-refractivity contribution in [1.29, 1.82) is 0 Å². The number of rotatable bonds is 4. The molecule has 0 aromatic carbocycles. The molecule has 0 aliphatic carbocycles. The van der Waals surface area contributed by atoms with Crippen LogP contribution in [-0.4, -0.2) is 52.9 Å². The van der Waals surface area contributed by atoms with Crippen LogP contribution in [0.15, 0.2) is 18.2 Å². The number of aromatic nitrogens is 1. The molecule has 0 atom stereocenters. The molecule has 1 aromatic heterocycles. The standard InChI is InChI=1S/C16H24N4O2/c1-3-8-19-9-5-10-20(12-15(19)21)16(22)17-11-14-7-4-6-13(2)18-14/h4,6-7H,3,5,8-12H2,1-2H3,(H,17,22). The average molecular weight is 304 g/mol. The van der Waals surface area contributed by atoms with Gasteiger partial charge in [0.1, 0.15) is 6.54 Å². The third-order valence-electron chi connectivity index (χ3n) is 3.68. The van der Waals surface area contributed by atoms with E-state index in [1.165, 1.54) is 0 Å². The number of nitrogens with zero attached hydrogens (tertiary/aromatic N) is 3. The molecule has 6 heteroatoms. The van der Waals surface area contributed by atoms with Gasteiger partial charge in [0.25, 0.3) is 0 Å². The number of amides is 3. The van der Waals surface area contributed by atoms with Crippen LogP contribution in [0.3, 0.4) is 0 Å². The summed E-state index contributed by atoms with van der Waals surface area (Å²) in [6.45, 7) is 6.62. The number of nitrogens with one attached hydrogen (secondary N) is 1. The minimum Gasteiger partial charge on any atom is -0.341 e. The second kappa shape index (κ2) is 7.77. The van der Waals surface area contributed by atoms with Crippen molar-refractivity contribution in [2.24, 2.45) is 0 Å². The molecule has 22 heavy (non-hydrogen) atoms. The Morgan fingerprint density at radius 1 is 1.36 bits per heavy atom. The van der Waals surface area contributed by atoms with Crippen molar-refractivity contribution in [3.8, 4) is 0 Å². The molecular formula is C16H24N4O2. The molecule has 0 radical (unpaired) electrons. The van der Waals surface area contributed by atoms with Crippen molar-refractivity contribution >= 4 is 11.9 Å². The van der Waals surface area contributed by atoms with Crippen molar-refractivity contribution in [1.82, 2.24) is 20.1 Å². The van der Waals surface area contributed by atoms with E-state index in [-0.39, 0.29) is 18.5 Å². The van der Waals surface area contributed by atoms with E-state index in [4.69, 9.17) is 0 Å². The van der Waals surface area contributed by atoms with Gasteiger partial charge in [0.15, 0.2) is 0 Å². The molecule has 1 aliphatic rings. The first-order valence-corrected chi connectivity index (χ1v) is 7.83. The quantitative estimate of drug-likeness (QED) is 0.917. The molecule has 0 bridgehead atoms. The molecule has 6 nitrogen and oxygen atoms in total. The Morgan fingerprint density at radius 3 is 2.91 bits per heavy atom. The van der Waals surface area contributed by atoms with Crippen LogP contribution in [0.5, 0.6) is 0 Å². The summed E-state index contributed by atoms with van der Waals surface area (Å²) in [4.78, 5) is 32.2. The highest BCUT2D eigenvalue weighted by Gasteiger charge is 2.24. The van der Waals surface area contributed by atoms with Gasteiger partial charge in [-0.25, -0.2) is 4.79 Å². The summed E-state index contributed by atoms with van der Waals surface area (Å²) >= 11 is 0. The molecule has 3 amide bonds. The van der Waals surface area contributed by atoms with Gasteiger partial charge in [-0.3, -0.25) is 9.78 Å². The van der Waals surface area contributed by atoms with Crippen LogP contribution in [0.1, 0.15) is 31.2 Å². The van der Waals surface area contributed by atoms with Crippen molar-refractivity contribution in [2.45, 2.75) is 33.2 Å². The zero-order valence-corrected chi connectivity index (χ0v) is 13.3. The summed E-state index contributed by atoms with van der Waals surface area (Å²) in [7, 11) is 0. The monoisotopic (exact) mass is 304 g/mol. The molecule has 120 valence electrons. The van der Waals surface area contributed by atoms with Gasteiger partial charge in [0.05, 0.1) is 12.2 Å². The number of pyridine rings is 1. The molecule has 0 saturated carbocycles. The maximum Gasteiger partial charge on any atom is 0.318 e. The van der Waals surface area contributed by atoms with Gasteiger partial charge < -0.3 is 15.1 Å². The first-order chi connectivity index (χ1) is 10.6. The molecule has 0 unspecified atom stereocenters. The van der Waals surface area contributed by atoms with Gasteiger partial charge in [-0.05, 0) is 31.9 Å². The van der Waals surface area contributed by atoms with Gasteiger partial charge in [0, 0.05) is 25.3 Å². The van der Waals surface area contributed by atoms with E-state index in [1.54, 1.807) is 4.90 Å². The summed E-state index contributed by atoms with van der Waals surface area (Å²) in [6, 6.07) is 5.52. The van der Waals surface area contributed by atoms with Crippen LogP contribution < -0.4 is 5.32 Å². The Morgan fingerprint density at radius 2 is 2.18 bits per heavy atom. The van der Waals surface area contributed by atoms with E-state index < -0.39 is 0 Å². The van der Waals surface area contributed by atoms with Crippen LogP contribution in [0.4, 0.5) is 4.79 Å². The van der Waals surface area contributed by atoms with Crippen LogP contribution in [0.2, 0.25) is 0 Å². The normalized spacial score (nSPS) is 15.6. The molecule has 1 N–H and O–H groups in total. The van der Waals surface area contributed by atoms with Gasteiger partial charge in [-0.2, -0.15) is 0 Å². The second-order valence-electron chi connectivity index (χ2n) is 5.58. The molecule has 2 heterocycles. The summed E-state index contributed by atoms with van der Waals surface area (Å²) < 4.78 is 0. The molecule has 1 aliphatic heterocycles. The Balaban J connectivity index is 1.88. The Bertz CT molecular complexity index is 533. The maximum atomic E-state index is 12.2. The average Bonchev–Trinajstić information content (AvgIpc) is 2.68. The number of hydrogen-bond donors (Lipinski definition) is 1. The lowest BCUT2D eigenvalue weighted by Crippen LogP contribution is -2.44. The zero-order valence-electron chi connectivity index (χ0n) is 13.3. The van der Waals surface area contributed by atoms with Crippen LogP contribution in [0, 0.1) is 6.92 Å². The van der Waals surface area contributed by atoms with E-state index in [0.717, 1.165) is 37.3 Å². The van der Waals surface area contributed by atoms with E-state index in [1.807, 2.05) is 30.0 Å². The summed E-state index contributed by atoms with van der Waals surface area (Å²) in [6.07, 6.45) is 1.76. The highest BCUT2D eigenvalue weighted by Crippen LogP contribution is 2.06. The van der Waals surface area contributed by atoms with E-state index >= 15 is 0 Å². The van der Waals surface area contributed by atoms with Crippen molar-refractivity contribution in [3.63, 3.8) is 0 Å². The fraction of sp³-hybridized carbons (Fsp3) is 0.562. The van der Waals surface area contributed by atoms with Crippen molar-refractivity contribution in [3.05, 3.63) is 29.6 Å². The predicted octanol–water partition coefficient (Wildman–Crippen LogP) is 1.54. The van der Waals surface area contributed by atoms with Gasteiger partial charge in [-0.1, -0.05) is 13.0 Å². The van der Waals surface area contributed by atoms with Crippen LogP contribution >= 0.6 is 0 Å². The highest BCUT2D eigenvalue weighted by molar-refractivity contribution is 5.84. The highest BCUT2D eigenvalue weighted by atomic mass is 16.2. The fourth-order valence-electron chi connectivity index (χ4n) is 2.58.